The molecule has 130 valence electrons. The molecule has 3 aromatic rings. The number of rotatable bonds is 4. The minimum Gasteiger partial charge on any atom is -0.477 e. The molecule has 0 aliphatic rings. The van der Waals surface area contributed by atoms with Crippen molar-refractivity contribution in [3.63, 3.8) is 0 Å². The van der Waals surface area contributed by atoms with E-state index in [9.17, 15) is 18.0 Å². The van der Waals surface area contributed by atoms with Crippen LogP contribution in [0.25, 0.3) is 20.3 Å². The number of halogens is 3. The van der Waals surface area contributed by atoms with E-state index < -0.39 is 12.3 Å². The predicted molar refractivity (Wildman–Crippen MR) is 89.2 cm³/mol. The first kappa shape index (κ1) is 17.4. The molecule has 0 aliphatic carbocycles. The Morgan fingerprint density at radius 3 is 2.44 bits per heavy atom. The van der Waals surface area contributed by atoms with Crippen LogP contribution in [0, 0.1) is 6.92 Å². The smallest absolute Gasteiger partial charge is 0.477 e. The maximum atomic E-state index is 12.5. The summed E-state index contributed by atoms with van der Waals surface area (Å²) in [4.78, 5) is 16.7. The van der Waals surface area contributed by atoms with E-state index in [0.29, 0.717) is 26.0 Å². The number of thiophene rings is 1. The third-order valence-electron chi connectivity index (χ3n) is 3.19. The number of hydrogen-bond acceptors (Lipinski definition) is 5. The van der Waals surface area contributed by atoms with Crippen LogP contribution in [0.15, 0.2) is 36.4 Å². The Bertz CT molecular complexity index is 931. The molecule has 1 N–H and O–H groups in total. The minimum atomic E-state index is -4.78. The summed E-state index contributed by atoms with van der Waals surface area (Å²) in [6, 6.07) is 9.23. The predicted octanol–water partition coefficient (Wildman–Crippen LogP) is 5.44. The quantitative estimate of drug-likeness (QED) is 0.649. The van der Waals surface area contributed by atoms with Gasteiger partial charge in [0.05, 0.1) is 10.6 Å². The summed E-state index contributed by atoms with van der Waals surface area (Å²) in [5.74, 6) is -1.34. The first-order valence-corrected chi connectivity index (χ1v) is 8.54. The average molecular weight is 385 g/mol. The second-order valence-electron chi connectivity index (χ2n) is 4.95. The van der Waals surface area contributed by atoms with Crippen LogP contribution >= 0.6 is 22.7 Å². The van der Waals surface area contributed by atoms with E-state index >= 15 is 0 Å². The van der Waals surface area contributed by atoms with Gasteiger partial charge >= 0.3 is 12.3 Å². The van der Waals surface area contributed by atoms with Gasteiger partial charge in [-0.3, -0.25) is 0 Å². The number of benzene rings is 1. The van der Waals surface area contributed by atoms with Crippen LogP contribution in [0.3, 0.4) is 0 Å². The summed E-state index contributed by atoms with van der Waals surface area (Å²) in [5.41, 5.74) is 0.714. The number of carboxylic acid groups (broad SMARTS) is 1. The van der Waals surface area contributed by atoms with Gasteiger partial charge in [-0.25, -0.2) is 9.78 Å². The summed E-state index contributed by atoms with van der Waals surface area (Å²) in [6.07, 6.45) is -4.78. The van der Waals surface area contributed by atoms with Crippen LogP contribution < -0.4 is 4.74 Å². The van der Waals surface area contributed by atoms with Crippen molar-refractivity contribution >= 4 is 28.6 Å². The Balaban J connectivity index is 1.97. The highest BCUT2D eigenvalue weighted by molar-refractivity contribution is 7.24. The lowest BCUT2D eigenvalue weighted by atomic mass is 10.1. The zero-order valence-corrected chi connectivity index (χ0v) is 14.3. The Morgan fingerprint density at radius 2 is 1.80 bits per heavy atom. The third-order valence-corrected chi connectivity index (χ3v) is 5.62. The van der Waals surface area contributed by atoms with Crippen molar-refractivity contribution in [1.82, 2.24) is 4.98 Å². The SMILES string of the molecule is Cc1nc(-c2ccc(-c3ccccc3OC(F)(F)F)s2)sc1C(=O)O. The Labute approximate surface area is 148 Å². The van der Waals surface area contributed by atoms with Gasteiger partial charge in [-0.15, -0.1) is 35.8 Å². The molecule has 0 unspecified atom stereocenters. The highest BCUT2D eigenvalue weighted by Gasteiger charge is 2.32. The number of alkyl halides is 3. The zero-order valence-electron chi connectivity index (χ0n) is 12.6. The van der Waals surface area contributed by atoms with Gasteiger partial charge in [0.2, 0.25) is 0 Å². The van der Waals surface area contributed by atoms with E-state index in [1.54, 1.807) is 25.1 Å². The van der Waals surface area contributed by atoms with Gasteiger partial charge in [0.15, 0.2) is 0 Å². The van der Waals surface area contributed by atoms with Gasteiger partial charge in [-0.2, -0.15) is 0 Å². The molecule has 4 nitrogen and oxygen atoms in total. The van der Waals surface area contributed by atoms with Crippen LogP contribution in [0.2, 0.25) is 0 Å². The fourth-order valence-electron chi connectivity index (χ4n) is 2.18. The number of aryl methyl sites for hydroxylation is 1. The summed E-state index contributed by atoms with van der Waals surface area (Å²) in [7, 11) is 0. The lowest BCUT2D eigenvalue weighted by molar-refractivity contribution is -0.274. The van der Waals surface area contributed by atoms with E-state index in [0.717, 1.165) is 11.3 Å². The molecule has 0 saturated heterocycles. The van der Waals surface area contributed by atoms with Crippen LogP contribution in [0.1, 0.15) is 15.4 Å². The van der Waals surface area contributed by atoms with Gasteiger partial charge in [-0.05, 0) is 31.2 Å². The minimum absolute atomic E-state index is 0.144. The first-order chi connectivity index (χ1) is 11.7. The highest BCUT2D eigenvalue weighted by atomic mass is 32.1. The monoisotopic (exact) mass is 385 g/mol. The second kappa shape index (κ2) is 6.49. The molecule has 0 bridgehead atoms. The number of ether oxygens (including phenoxy) is 1. The average Bonchev–Trinajstić information content (AvgIpc) is 3.12. The molecule has 3 rings (SSSR count). The van der Waals surface area contributed by atoms with Crippen molar-refractivity contribution in [2.24, 2.45) is 0 Å². The number of carboxylic acids is 1. The van der Waals surface area contributed by atoms with Gasteiger partial charge in [-0.1, -0.05) is 12.1 Å². The van der Waals surface area contributed by atoms with Crippen molar-refractivity contribution in [3.05, 3.63) is 47.0 Å². The lowest BCUT2D eigenvalue weighted by Crippen LogP contribution is -2.17. The summed E-state index contributed by atoms with van der Waals surface area (Å²) in [5, 5.41) is 9.62. The number of nitrogens with zero attached hydrogens (tertiary/aromatic N) is 1. The molecule has 25 heavy (non-hydrogen) atoms. The van der Waals surface area contributed by atoms with Gasteiger partial charge in [0, 0.05) is 10.4 Å². The van der Waals surface area contributed by atoms with Crippen molar-refractivity contribution in [2.75, 3.05) is 0 Å². The number of para-hydroxylation sites is 1. The van der Waals surface area contributed by atoms with Crippen LogP contribution in [-0.2, 0) is 0 Å². The highest BCUT2D eigenvalue weighted by Crippen LogP contribution is 2.41. The van der Waals surface area contributed by atoms with Crippen LogP contribution in [-0.4, -0.2) is 22.4 Å². The molecule has 2 heterocycles. The van der Waals surface area contributed by atoms with E-state index in [4.69, 9.17) is 5.11 Å². The fourth-order valence-corrected chi connectivity index (χ4v) is 4.18. The molecule has 0 saturated carbocycles. The lowest BCUT2D eigenvalue weighted by Gasteiger charge is -2.12. The maximum Gasteiger partial charge on any atom is 0.573 e. The summed E-state index contributed by atoms with van der Waals surface area (Å²) in [6.45, 7) is 1.60. The molecule has 2 aromatic heterocycles. The molecule has 1 aromatic carbocycles. The standard InChI is InChI=1S/C16H10F3NO3S2/c1-8-13(15(21)22)25-14(20-8)12-7-6-11(24-12)9-4-2-3-5-10(9)23-16(17,18)19/h2-7H,1H3,(H,21,22). The number of aromatic carboxylic acids is 1. The number of thiazole rings is 1. The van der Waals surface area contributed by atoms with E-state index in [1.807, 2.05) is 0 Å². The fraction of sp³-hybridized carbons (Fsp3) is 0.125. The molecule has 9 heteroatoms. The van der Waals surface area contributed by atoms with Crippen LogP contribution in [0.5, 0.6) is 5.75 Å². The Hall–Kier alpha value is -2.39. The normalized spacial score (nSPS) is 11.5. The Morgan fingerprint density at radius 1 is 1.12 bits per heavy atom. The number of hydrogen-bond donors (Lipinski definition) is 1. The Kier molecular flexibility index (Phi) is 4.53. The number of carbonyl (C=O) groups is 1. The summed E-state index contributed by atoms with van der Waals surface area (Å²) >= 11 is 2.25. The largest absolute Gasteiger partial charge is 0.573 e. The molecule has 0 radical (unpaired) electrons. The van der Waals surface area contributed by atoms with Crippen molar-refractivity contribution < 1.29 is 27.8 Å². The van der Waals surface area contributed by atoms with Gasteiger partial charge in [0.1, 0.15) is 15.6 Å². The molecular weight excluding hydrogens is 375 g/mol. The molecule has 0 aliphatic heterocycles. The van der Waals surface area contributed by atoms with E-state index in [1.165, 1.54) is 29.5 Å². The summed E-state index contributed by atoms with van der Waals surface area (Å²) < 4.78 is 41.7. The molecule has 0 atom stereocenters. The first-order valence-electron chi connectivity index (χ1n) is 6.90. The van der Waals surface area contributed by atoms with Crippen molar-refractivity contribution in [2.45, 2.75) is 13.3 Å². The maximum absolute atomic E-state index is 12.5. The van der Waals surface area contributed by atoms with E-state index in [-0.39, 0.29) is 10.6 Å². The second-order valence-corrected chi connectivity index (χ2v) is 7.03. The topological polar surface area (TPSA) is 59.4 Å². The van der Waals surface area contributed by atoms with Crippen LogP contribution in [0.4, 0.5) is 13.2 Å². The third kappa shape index (κ3) is 3.83. The van der Waals surface area contributed by atoms with Crippen molar-refractivity contribution in [1.29, 1.82) is 0 Å². The molecule has 0 spiro atoms. The molecular formula is C16H10F3NO3S2. The van der Waals surface area contributed by atoms with Crippen molar-refractivity contribution in [3.8, 4) is 26.1 Å². The zero-order chi connectivity index (χ0) is 18.2. The van der Waals surface area contributed by atoms with Gasteiger partial charge in [0.25, 0.3) is 0 Å². The molecule has 0 fully saturated rings. The van der Waals surface area contributed by atoms with E-state index in [2.05, 4.69) is 9.72 Å². The number of aromatic nitrogens is 1. The van der Waals surface area contributed by atoms with Gasteiger partial charge < -0.3 is 9.84 Å². The molecule has 0 amide bonds.